The molecule has 2 aromatic carbocycles. The summed E-state index contributed by atoms with van der Waals surface area (Å²) < 4.78 is 5.61. The van der Waals surface area contributed by atoms with Crippen molar-refractivity contribution < 1.29 is 9.53 Å². The number of carbonyl (C=O) groups excluding carboxylic acids is 1. The molecular weight excluding hydrogens is 310 g/mol. The number of anilines is 1. The van der Waals surface area contributed by atoms with Crippen LogP contribution in [0.4, 0.5) is 5.69 Å². The molecule has 0 aromatic heterocycles. The Hall–Kier alpha value is -2.00. The summed E-state index contributed by atoms with van der Waals surface area (Å²) in [5.74, 6) is 0.901. The molecule has 0 heterocycles. The van der Waals surface area contributed by atoms with Gasteiger partial charge >= 0.3 is 0 Å². The number of nitrogens with one attached hydrogen (secondary N) is 1. The van der Waals surface area contributed by atoms with Gasteiger partial charge in [-0.05, 0) is 55.2 Å². The lowest BCUT2D eigenvalue weighted by molar-refractivity contribution is -0.122. The predicted molar refractivity (Wildman–Crippen MR) is 95.3 cm³/mol. The normalized spacial score (nSPS) is 13.2. The van der Waals surface area contributed by atoms with Crippen LogP contribution in [0.2, 0.25) is 5.02 Å². The first-order valence-corrected chi connectivity index (χ1v) is 8.20. The van der Waals surface area contributed by atoms with E-state index in [1.165, 1.54) is 5.56 Å². The van der Waals surface area contributed by atoms with Crippen LogP contribution in [-0.4, -0.2) is 12.0 Å². The van der Waals surface area contributed by atoms with E-state index in [0.29, 0.717) is 16.7 Å². The summed E-state index contributed by atoms with van der Waals surface area (Å²) in [5.41, 5.74) is 2.04. The molecule has 2 unspecified atom stereocenters. The van der Waals surface area contributed by atoms with Crippen molar-refractivity contribution in [2.24, 2.45) is 0 Å². The first-order valence-electron chi connectivity index (χ1n) is 7.82. The third-order valence-electron chi connectivity index (χ3n) is 3.84. The van der Waals surface area contributed by atoms with Gasteiger partial charge in [0.2, 0.25) is 0 Å². The fraction of sp³-hybridized carbons (Fsp3) is 0.316. The number of benzene rings is 2. The lowest BCUT2D eigenvalue weighted by Crippen LogP contribution is -2.30. The molecule has 0 radical (unpaired) electrons. The second-order valence-corrected chi connectivity index (χ2v) is 6.07. The van der Waals surface area contributed by atoms with Crippen LogP contribution in [-0.2, 0) is 4.79 Å². The number of hydrogen-bond donors (Lipinski definition) is 1. The average molecular weight is 332 g/mol. The highest BCUT2D eigenvalue weighted by atomic mass is 35.5. The van der Waals surface area contributed by atoms with Crippen LogP contribution in [0.25, 0.3) is 0 Å². The van der Waals surface area contributed by atoms with E-state index in [9.17, 15) is 4.79 Å². The molecule has 1 amide bonds. The molecule has 0 saturated carbocycles. The summed E-state index contributed by atoms with van der Waals surface area (Å²) in [7, 11) is 0. The van der Waals surface area contributed by atoms with E-state index in [-0.39, 0.29) is 5.91 Å². The number of ether oxygens (including phenoxy) is 1. The molecule has 1 N–H and O–H groups in total. The van der Waals surface area contributed by atoms with Crippen molar-refractivity contribution in [2.45, 2.75) is 39.2 Å². The predicted octanol–water partition coefficient (Wildman–Crippen LogP) is 5.26. The Morgan fingerprint density at radius 1 is 1.17 bits per heavy atom. The van der Waals surface area contributed by atoms with Crippen LogP contribution in [0.5, 0.6) is 5.75 Å². The van der Waals surface area contributed by atoms with Gasteiger partial charge in [0.1, 0.15) is 5.75 Å². The Balaban J connectivity index is 1.95. The van der Waals surface area contributed by atoms with Crippen molar-refractivity contribution in [1.82, 2.24) is 0 Å². The van der Waals surface area contributed by atoms with Gasteiger partial charge in [-0.15, -0.1) is 0 Å². The molecule has 0 aliphatic heterocycles. The molecule has 0 spiro atoms. The maximum absolute atomic E-state index is 12.2. The van der Waals surface area contributed by atoms with E-state index in [4.69, 9.17) is 16.3 Å². The van der Waals surface area contributed by atoms with E-state index in [2.05, 4.69) is 19.2 Å². The SMILES string of the molecule is CCC(C)c1ccc(NC(=O)C(C)Oc2cccc(Cl)c2)cc1. The number of rotatable bonds is 6. The lowest BCUT2D eigenvalue weighted by Gasteiger charge is -2.15. The largest absolute Gasteiger partial charge is 0.481 e. The number of carbonyl (C=O) groups is 1. The third kappa shape index (κ3) is 5.00. The highest BCUT2D eigenvalue weighted by Crippen LogP contribution is 2.21. The molecule has 2 rings (SSSR count). The fourth-order valence-corrected chi connectivity index (χ4v) is 2.35. The monoisotopic (exact) mass is 331 g/mol. The van der Waals surface area contributed by atoms with Crippen molar-refractivity contribution in [1.29, 1.82) is 0 Å². The Labute approximate surface area is 142 Å². The maximum Gasteiger partial charge on any atom is 0.265 e. The van der Waals surface area contributed by atoms with Crippen LogP contribution < -0.4 is 10.1 Å². The number of halogens is 1. The van der Waals surface area contributed by atoms with Crippen LogP contribution in [0.1, 0.15) is 38.7 Å². The molecule has 122 valence electrons. The molecule has 3 nitrogen and oxygen atoms in total. The molecule has 23 heavy (non-hydrogen) atoms. The Kier molecular flexibility index (Phi) is 6.05. The molecule has 0 aliphatic carbocycles. The van der Waals surface area contributed by atoms with Gasteiger partial charge in [0.25, 0.3) is 5.91 Å². The standard InChI is InChI=1S/C19H22ClNO2/c1-4-13(2)15-8-10-17(11-9-15)21-19(22)14(3)23-18-7-5-6-16(20)12-18/h5-14H,4H2,1-3H3,(H,21,22). The minimum atomic E-state index is -0.609. The Morgan fingerprint density at radius 3 is 2.48 bits per heavy atom. The van der Waals surface area contributed by atoms with Gasteiger partial charge in [0.05, 0.1) is 0 Å². The zero-order valence-electron chi connectivity index (χ0n) is 13.7. The zero-order chi connectivity index (χ0) is 16.8. The maximum atomic E-state index is 12.2. The molecule has 4 heteroatoms. The van der Waals surface area contributed by atoms with Crippen molar-refractivity contribution in [3.05, 3.63) is 59.1 Å². The fourth-order valence-electron chi connectivity index (χ4n) is 2.17. The molecule has 2 aromatic rings. The van der Waals surface area contributed by atoms with Crippen LogP contribution in [0.3, 0.4) is 0 Å². The first kappa shape index (κ1) is 17.4. The summed E-state index contributed by atoms with van der Waals surface area (Å²) in [6.07, 6.45) is 0.485. The summed E-state index contributed by atoms with van der Waals surface area (Å²) in [6, 6.07) is 15.0. The molecule has 2 atom stereocenters. The van der Waals surface area contributed by atoms with Crippen molar-refractivity contribution in [3.63, 3.8) is 0 Å². The summed E-state index contributed by atoms with van der Waals surface area (Å²) in [5, 5.41) is 3.44. The van der Waals surface area contributed by atoms with Gasteiger partial charge in [0, 0.05) is 10.7 Å². The number of amides is 1. The minimum absolute atomic E-state index is 0.193. The minimum Gasteiger partial charge on any atom is -0.481 e. The molecule has 0 saturated heterocycles. The van der Waals surface area contributed by atoms with Gasteiger partial charge in [-0.2, -0.15) is 0 Å². The van der Waals surface area contributed by atoms with Crippen molar-refractivity contribution in [3.8, 4) is 5.75 Å². The van der Waals surface area contributed by atoms with E-state index >= 15 is 0 Å². The molecule has 0 aliphatic rings. The lowest BCUT2D eigenvalue weighted by atomic mass is 9.99. The van der Waals surface area contributed by atoms with Crippen molar-refractivity contribution >= 4 is 23.2 Å². The van der Waals surface area contributed by atoms with Crippen LogP contribution in [0, 0.1) is 0 Å². The van der Waals surface area contributed by atoms with Crippen LogP contribution >= 0.6 is 11.6 Å². The summed E-state index contributed by atoms with van der Waals surface area (Å²) in [4.78, 5) is 12.2. The second-order valence-electron chi connectivity index (χ2n) is 5.64. The van der Waals surface area contributed by atoms with E-state index < -0.39 is 6.10 Å². The quantitative estimate of drug-likeness (QED) is 0.784. The third-order valence-corrected chi connectivity index (χ3v) is 4.07. The average Bonchev–Trinajstić information content (AvgIpc) is 2.54. The van der Waals surface area contributed by atoms with Gasteiger partial charge in [-0.1, -0.05) is 43.6 Å². The highest BCUT2D eigenvalue weighted by molar-refractivity contribution is 6.30. The second kappa shape index (κ2) is 8.02. The van der Waals surface area contributed by atoms with Crippen molar-refractivity contribution in [2.75, 3.05) is 5.32 Å². The topological polar surface area (TPSA) is 38.3 Å². The molecule has 0 fully saturated rings. The van der Waals surface area contributed by atoms with E-state index in [0.717, 1.165) is 12.1 Å². The molecular formula is C19H22ClNO2. The van der Waals surface area contributed by atoms with Gasteiger partial charge in [-0.25, -0.2) is 0 Å². The van der Waals surface area contributed by atoms with Crippen LogP contribution in [0.15, 0.2) is 48.5 Å². The van der Waals surface area contributed by atoms with Gasteiger partial charge in [-0.3, -0.25) is 4.79 Å². The van der Waals surface area contributed by atoms with E-state index in [1.54, 1.807) is 31.2 Å². The Morgan fingerprint density at radius 2 is 1.87 bits per heavy atom. The van der Waals surface area contributed by atoms with E-state index in [1.807, 2.05) is 24.3 Å². The first-order chi connectivity index (χ1) is 11.0. The zero-order valence-corrected chi connectivity index (χ0v) is 14.4. The smallest absolute Gasteiger partial charge is 0.265 e. The summed E-state index contributed by atoms with van der Waals surface area (Å²) >= 11 is 5.91. The van der Waals surface area contributed by atoms with Gasteiger partial charge in [0.15, 0.2) is 6.10 Å². The number of hydrogen-bond acceptors (Lipinski definition) is 2. The highest BCUT2D eigenvalue weighted by Gasteiger charge is 2.15. The van der Waals surface area contributed by atoms with Gasteiger partial charge < -0.3 is 10.1 Å². The molecule has 0 bridgehead atoms. The summed E-state index contributed by atoms with van der Waals surface area (Å²) in [6.45, 7) is 6.06. The Bertz CT molecular complexity index is 655.